The van der Waals surface area contributed by atoms with E-state index in [2.05, 4.69) is 15.5 Å². The second kappa shape index (κ2) is 11.2. The Hall–Kier alpha value is -4.60. The Morgan fingerprint density at radius 1 is 1.02 bits per heavy atom. The third kappa shape index (κ3) is 6.00. The van der Waals surface area contributed by atoms with Gasteiger partial charge in [-0.25, -0.2) is 14.6 Å². The smallest absolute Gasteiger partial charge is 0.407 e. The molecule has 10 nitrogen and oxygen atoms in total. The van der Waals surface area contributed by atoms with E-state index in [1.807, 2.05) is 81.6 Å². The molecule has 3 N–H and O–H groups in total. The largest absolute Gasteiger partial charge is 0.465 e. The summed E-state index contributed by atoms with van der Waals surface area (Å²) in [5.74, 6) is 1.28. The molecule has 1 saturated heterocycles. The predicted octanol–water partition coefficient (Wildman–Crippen LogP) is 6.70. The lowest BCUT2D eigenvalue weighted by atomic mass is 9.72. The first-order chi connectivity index (χ1) is 20.6. The Morgan fingerprint density at radius 3 is 2.33 bits per heavy atom. The number of hydrogen-bond acceptors (Lipinski definition) is 7. The predicted molar refractivity (Wildman–Crippen MR) is 164 cm³/mol. The maximum atomic E-state index is 12.2. The molecule has 10 heteroatoms. The average Bonchev–Trinajstić information content (AvgIpc) is 3.34. The summed E-state index contributed by atoms with van der Waals surface area (Å²) in [5, 5.41) is 15.9. The fraction of sp³-hybridized carbons (Fsp3) is 0.394. The topological polar surface area (TPSA) is 130 Å². The van der Waals surface area contributed by atoms with Crippen LogP contribution in [0.1, 0.15) is 58.4 Å². The Balaban J connectivity index is 1.26. The number of alkyl carbamates (subject to hydrolysis) is 1. The van der Waals surface area contributed by atoms with Crippen molar-refractivity contribution in [2.45, 2.75) is 70.1 Å². The van der Waals surface area contributed by atoms with E-state index in [0.29, 0.717) is 30.5 Å². The van der Waals surface area contributed by atoms with E-state index in [-0.39, 0.29) is 6.04 Å². The van der Waals surface area contributed by atoms with Crippen LogP contribution in [-0.2, 0) is 10.3 Å². The molecule has 2 aromatic carbocycles. The molecule has 2 amide bonds. The van der Waals surface area contributed by atoms with Gasteiger partial charge in [0.2, 0.25) is 11.7 Å². The van der Waals surface area contributed by atoms with Crippen LogP contribution in [0.5, 0.6) is 0 Å². The number of carbonyl (C=O) groups is 2. The molecule has 0 atom stereocenters. The van der Waals surface area contributed by atoms with Crippen LogP contribution in [0.4, 0.5) is 15.5 Å². The Bertz CT molecular complexity index is 1620. The molecular weight excluding hydrogens is 546 g/mol. The number of carboxylic acid groups (broad SMARTS) is 1. The van der Waals surface area contributed by atoms with Crippen molar-refractivity contribution in [2.75, 3.05) is 18.0 Å². The lowest BCUT2D eigenvalue weighted by Crippen LogP contribution is -2.50. The van der Waals surface area contributed by atoms with Crippen molar-refractivity contribution in [3.63, 3.8) is 0 Å². The number of hydrogen-bond donors (Lipinski definition) is 3. The Labute approximate surface area is 250 Å². The molecule has 1 saturated carbocycles. The summed E-state index contributed by atoms with van der Waals surface area (Å²) < 4.78 is 11.9. The Morgan fingerprint density at radius 2 is 1.72 bits per heavy atom. The first-order valence-corrected chi connectivity index (χ1v) is 14.8. The van der Waals surface area contributed by atoms with Gasteiger partial charge in [-0.15, -0.1) is 0 Å². The zero-order valence-electron chi connectivity index (χ0n) is 24.7. The van der Waals surface area contributed by atoms with Crippen molar-refractivity contribution in [3.05, 3.63) is 66.4 Å². The first kappa shape index (κ1) is 28.5. The van der Waals surface area contributed by atoms with E-state index in [0.717, 1.165) is 59.7 Å². The quantitative estimate of drug-likeness (QED) is 0.229. The molecule has 4 aromatic rings. The number of rotatable bonds is 6. The molecule has 2 aromatic heterocycles. The van der Waals surface area contributed by atoms with Crippen LogP contribution in [0, 0.1) is 0 Å². The molecule has 1 aliphatic carbocycles. The van der Waals surface area contributed by atoms with Crippen LogP contribution in [0.15, 0.2) is 65.2 Å². The SMILES string of the molecule is CC(C)(C)OC(=O)NC1CCN(c2ncc3c(-c4ccccc4)c(-c4ccc(C5(NC(=O)O)CCC5)cc4)oc3n2)CC1. The van der Waals surface area contributed by atoms with Gasteiger partial charge in [0.1, 0.15) is 11.4 Å². The minimum absolute atomic E-state index is 0.0301. The summed E-state index contributed by atoms with van der Waals surface area (Å²) >= 11 is 0. The van der Waals surface area contributed by atoms with Crippen LogP contribution >= 0.6 is 0 Å². The maximum Gasteiger partial charge on any atom is 0.407 e. The number of nitrogens with zero attached hydrogens (tertiary/aromatic N) is 3. The Kier molecular flexibility index (Phi) is 7.45. The monoisotopic (exact) mass is 583 g/mol. The number of benzene rings is 2. The minimum Gasteiger partial charge on any atom is -0.465 e. The second-order valence-corrected chi connectivity index (χ2v) is 12.4. The molecule has 2 fully saturated rings. The normalized spacial score (nSPS) is 16.9. The first-order valence-electron chi connectivity index (χ1n) is 14.8. The van der Waals surface area contributed by atoms with Gasteiger partial charge in [-0.05, 0) is 64.0 Å². The number of carbonyl (C=O) groups excluding carboxylic acids is 1. The minimum atomic E-state index is -1.01. The zero-order valence-corrected chi connectivity index (χ0v) is 24.7. The molecule has 0 spiro atoms. The van der Waals surface area contributed by atoms with Gasteiger partial charge < -0.3 is 29.8 Å². The molecule has 224 valence electrons. The highest BCUT2D eigenvalue weighted by Gasteiger charge is 2.40. The van der Waals surface area contributed by atoms with Crippen molar-refractivity contribution >= 4 is 29.2 Å². The number of amides is 2. The third-order valence-corrected chi connectivity index (χ3v) is 8.25. The van der Waals surface area contributed by atoms with Gasteiger partial charge in [-0.3, -0.25) is 0 Å². The number of fused-ring (bicyclic) bond motifs is 1. The number of nitrogens with one attached hydrogen (secondary N) is 2. The summed E-state index contributed by atoms with van der Waals surface area (Å²) in [4.78, 5) is 35.3. The van der Waals surface area contributed by atoms with E-state index in [4.69, 9.17) is 19.1 Å². The van der Waals surface area contributed by atoms with Crippen LogP contribution in [-0.4, -0.2) is 52.0 Å². The highest BCUT2D eigenvalue weighted by molar-refractivity contribution is 6.00. The van der Waals surface area contributed by atoms with Crippen LogP contribution in [0.2, 0.25) is 0 Å². The van der Waals surface area contributed by atoms with Gasteiger partial charge in [0.05, 0.1) is 10.9 Å². The van der Waals surface area contributed by atoms with E-state index < -0.39 is 23.3 Å². The summed E-state index contributed by atoms with van der Waals surface area (Å²) in [6, 6.07) is 18.0. The molecule has 6 rings (SSSR count). The molecule has 0 unspecified atom stereocenters. The van der Waals surface area contributed by atoms with Crippen molar-refractivity contribution in [3.8, 4) is 22.5 Å². The number of anilines is 1. The molecule has 43 heavy (non-hydrogen) atoms. The van der Waals surface area contributed by atoms with Gasteiger partial charge in [-0.2, -0.15) is 4.98 Å². The zero-order chi connectivity index (χ0) is 30.2. The summed E-state index contributed by atoms with van der Waals surface area (Å²) in [5.41, 5.74) is 3.17. The lowest BCUT2D eigenvalue weighted by Gasteiger charge is -2.42. The highest BCUT2D eigenvalue weighted by atomic mass is 16.6. The standard InChI is InChI=1S/C33H37N5O5/c1-32(2,3)43-31(41)35-24-14-18-38(19-15-24)29-34-20-25-26(21-8-5-4-6-9-21)27(42-28(25)36-29)22-10-12-23(13-11-22)33(16-7-17-33)37-30(39)40/h4-6,8-13,20,24,37H,7,14-19H2,1-3H3,(H,35,41)(H,39,40). The van der Waals surface area contributed by atoms with Crippen molar-refractivity contribution in [1.29, 1.82) is 0 Å². The summed E-state index contributed by atoms with van der Waals surface area (Å²) in [6.07, 6.45) is 4.49. The van der Waals surface area contributed by atoms with E-state index in [1.165, 1.54) is 0 Å². The second-order valence-electron chi connectivity index (χ2n) is 12.4. The summed E-state index contributed by atoms with van der Waals surface area (Å²) in [7, 11) is 0. The number of aromatic nitrogens is 2. The number of ether oxygens (including phenoxy) is 1. The summed E-state index contributed by atoms with van der Waals surface area (Å²) in [6.45, 7) is 6.94. The maximum absolute atomic E-state index is 12.2. The van der Waals surface area contributed by atoms with Crippen molar-refractivity contribution in [1.82, 2.24) is 20.6 Å². The highest BCUT2D eigenvalue weighted by Crippen LogP contribution is 2.44. The van der Waals surface area contributed by atoms with Crippen molar-refractivity contribution in [2.24, 2.45) is 0 Å². The molecule has 0 bridgehead atoms. The van der Waals surface area contributed by atoms with E-state index in [1.54, 1.807) is 0 Å². The number of piperidine rings is 1. The van der Waals surface area contributed by atoms with E-state index >= 15 is 0 Å². The molecule has 0 radical (unpaired) electrons. The van der Waals surface area contributed by atoms with Crippen LogP contribution in [0.25, 0.3) is 33.6 Å². The van der Waals surface area contributed by atoms with Crippen LogP contribution < -0.4 is 15.5 Å². The van der Waals surface area contributed by atoms with E-state index in [9.17, 15) is 14.7 Å². The molecule has 3 heterocycles. The average molecular weight is 584 g/mol. The number of furan rings is 1. The fourth-order valence-electron chi connectivity index (χ4n) is 5.98. The molecule has 2 aliphatic rings. The van der Waals surface area contributed by atoms with Gasteiger partial charge in [-0.1, -0.05) is 54.6 Å². The molecule has 1 aliphatic heterocycles. The lowest BCUT2D eigenvalue weighted by molar-refractivity contribution is 0.0497. The van der Waals surface area contributed by atoms with Gasteiger partial charge in [0.15, 0.2) is 0 Å². The van der Waals surface area contributed by atoms with Crippen molar-refractivity contribution < 1.29 is 23.8 Å². The molecular formula is C33H37N5O5. The van der Waals surface area contributed by atoms with Gasteiger partial charge >= 0.3 is 12.2 Å². The van der Waals surface area contributed by atoms with Gasteiger partial charge in [0, 0.05) is 36.5 Å². The van der Waals surface area contributed by atoms with Crippen LogP contribution in [0.3, 0.4) is 0 Å². The van der Waals surface area contributed by atoms with Gasteiger partial charge in [0.25, 0.3) is 0 Å². The fourth-order valence-corrected chi connectivity index (χ4v) is 5.98. The third-order valence-electron chi connectivity index (χ3n) is 8.25.